The molecule has 0 heterocycles. The summed E-state index contributed by atoms with van der Waals surface area (Å²) >= 11 is -3.07. The second-order valence-electron chi connectivity index (χ2n) is 5.18. The molecule has 0 spiro atoms. The van der Waals surface area contributed by atoms with E-state index in [0.29, 0.717) is 0 Å². The summed E-state index contributed by atoms with van der Waals surface area (Å²) < 4.78 is 0. The fourth-order valence-electron chi connectivity index (χ4n) is 2.56. The van der Waals surface area contributed by atoms with Crippen molar-refractivity contribution < 1.29 is 0 Å². The van der Waals surface area contributed by atoms with Crippen LogP contribution in [-0.2, 0) is 0 Å². The molecule has 0 aromatic heterocycles. The molecule has 0 bridgehead atoms. The van der Waals surface area contributed by atoms with Crippen molar-refractivity contribution in [3.05, 3.63) is 9.82 Å². The van der Waals surface area contributed by atoms with E-state index in [1.54, 1.807) is 0 Å². The third-order valence-corrected chi connectivity index (χ3v) is 27.9. The molecule has 0 atom stereocenters. The molecular formula is C14H32Ge2. The van der Waals surface area contributed by atoms with Gasteiger partial charge in [0.25, 0.3) is 0 Å². The molecule has 16 heavy (non-hydrogen) atoms. The topological polar surface area (TPSA) is 0 Å². The average molecular weight is 346 g/mol. The van der Waals surface area contributed by atoms with E-state index in [1.165, 1.54) is 31.5 Å². The van der Waals surface area contributed by atoms with E-state index in [1.807, 2.05) is 0 Å². The third-order valence-electron chi connectivity index (χ3n) is 5.02. The van der Waals surface area contributed by atoms with E-state index in [9.17, 15) is 0 Å². The first-order chi connectivity index (χ1) is 7.57. The summed E-state index contributed by atoms with van der Waals surface area (Å²) in [6, 6.07) is 0. The summed E-state index contributed by atoms with van der Waals surface area (Å²) in [7, 11) is 0. The molecule has 0 fully saturated rings. The molecule has 0 nitrogen and oxygen atoms in total. The fourth-order valence-corrected chi connectivity index (χ4v) is 21.0. The van der Waals surface area contributed by atoms with Gasteiger partial charge in [-0.25, -0.2) is 0 Å². The average Bonchev–Trinajstić information content (AvgIpc) is 2.37. The summed E-state index contributed by atoms with van der Waals surface area (Å²) in [5.41, 5.74) is 0. The van der Waals surface area contributed by atoms with Crippen molar-refractivity contribution in [1.29, 1.82) is 0 Å². The molecule has 0 aromatic carbocycles. The molecule has 0 saturated heterocycles. The first-order valence-electron chi connectivity index (χ1n) is 7.27. The van der Waals surface area contributed by atoms with Gasteiger partial charge >= 0.3 is 109 Å². The summed E-state index contributed by atoms with van der Waals surface area (Å²) in [6.07, 6.45) is 0. The Labute approximate surface area is 109 Å². The van der Waals surface area contributed by atoms with Crippen molar-refractivity contribution in [3.63, 3.8) is 0 Å². The van der Waals surface area contributed by atoms with Gasteiger partial charge in [-0.2, -0.15) is 0 Å². The van der Waals surface area contributed by atoms with E-state index >= 15 is 0 Å². The first-order valence-corrected chi connectivity index (χ1v) is 18.6. The summed E-state index contributed by atoms with van der Waals surface area (Å²) in [5.74, 6) is 0. The Balaban J connectivity index is 4.88. The van der Waals surface area contributed by atoms with Gasteiger partial charge in [-0.05, 0) is 0 Å². The van der Waals surface area contributed by atoms with Crippen molar-refractivity contribution in [2.75, 3.05) is 0 Å². The van der Waals surface area contributed by atoms with Crippen LogP contribution in [0.15, 0.2) is 9.82 Å². The Morgan fingerprint density at radius 3 is 0.812 bits per heavy atom. The number of hydrogen-bond acceptors (Lipinski definition) is 0. The van der Waals surface area contributed by atoms with Crippen LogP contribution in [0, 0.1) is 0 Å². The van der Waals surface area contributed by atoms with Gasteiger partial charge in [0, 0.05) is 0 Å². The van der Waals surface area contributed by atoms with Crippen LogP contribution in [0.3, 0.4) is 0 Å². The fraction of sp³-hybridized carbons (Fsp3) is 0.857. The zero-order chi connectivity index (χ0) is 12.7. The molecule has 2 heteroatoms. The minimum absolute atomic E-state index is 1.49. The Kier molecular flexibility index (Phi) is 8.43. The summed E-state index contributed by atoms with van der Waals surface area (Å²) in [4.78, 5) is 5.60. The van der Waals surface area contributed by atoms with Crippen LogP contribution in [0.4, 0.5) is 0 Å². The Bertz CT molecular complexity index is 162. The van der Waals surface area contributed by atoms with Gasteiger partial charge in [0.1, 0.15) is 0 Å². The van der Waals surface area contributed by atoms with E-state index in [0.717, 1.165) is 0 Å². The van der Waals surface area contributed by atoms with Crippen LogP contribution < -0.4 is 0 Å². The monoisotopic (exact) mass is 348 g/mol. The number of hydrogen-bond donors (Lipinski definition) is 0. The van der Waals surface area contributed by atoms with Crippen LogP contribution in [0.5, 0.6) is 0 Å². The third kappa shape index (κ3) is 4.25. The predicted octanol–water partition coefficient (Wildman–Crippen LogP) is 5.64. The molecule has 96 valence electrons. The molecule has 0 aliphatic heterocycles. The number of rotatable bonds is 8. The van der Waals surface area contributed by atoms with Crippen LogP contribution >= 0.6 is 0 Å². The van der Waals surface area contributed by atoms with E-state index in [2.05, 4.69) is 51.4 Å². The van der Waals surface area contributed by atoms with Gasteiger partial charge in [-0.3, -0.25) is 0 Å². The van der Waals surface area contributed by atoms with Gasteiger partial charge < -0.3 is 0 Å². The molecule has 0 saturated carbocycles. The molecule has 0 unspecified atom stereocenters. The Morgan fingerprint density at radius 1 is 0.500 bits per heavy atom. The SMILES string of the molecule is C[CH2][Ge](/[CH]=[CH]/[Ge]([CH2]C)([CH2]C)[CH2]C)([CH2]C)[CH2]C. The van der Waals surface area contributed by atoms with Crippen LogP contribution in [0.2, 0.25) is 31.5 Å². The van der Waals surface area contributed by atoms with Crippen LogP contribution in [0.25, 0.3) is 0 Å². The van der Waals surface area contributed by atoms with Crippen molar-refractivity contribution in [3.8, 4) is 0 Å². The Hall–Kier alpha value is 0.826. The van der Waals surface area contributed by atoms with Crippen molar-refractivity contribution >= 4 is 26.5 Å². The predicted molar refractivity (Wildman–Crippen MR) is 83.5 cm³/mol. The molecule has 0 aliphatic rings. The second kappa shape index (κ2) is 8.02. The Morgan fingerprint density at radius 2 is 0.688 bits per heavy atom. The molecule has 0 N–H and O–H groups in total. The second-order valence-corrected chi connectivity index (χ2v) is 26.9. The molecule has 0 aromatic rings. The first kappa shape index (κ1) is 16.8. The van der Waals surface area contributed by atoms with Gasteiger partial charge in [0.2, 0.25) is 0 Å². The van der Waals surface area contributed by atoms with E-state index < -0.39 is 26.5 Å². The molecule has 0 aliphatic carbocycles. The normalized spacial score (nSPS) is 13.6. The van der Waals surface area contributed by atoms with Crippen LogP contribution in [-0.4, -0.2) is 26.5 Å². The van der Waals surface area contributed by atoms with Crippen molar-refractivity contribution in [2.24, 2.45) is 0 Å². The zero-order valence-corrected chi connectivity index (χ0v) is 16.6. The van der Waals surface area contributed by atoms with E-state index in [-0.39, 0.29) is 0 Å². The van der Waals surface area contributed by atoms with Crippen molar-refractivity contribution in [1.82, 2.24) is 0 Å². The van der Waals surface area contributed by atoms with Gasteiger partial charge in [-0.15, -0.1) is 0 Å². The van der Waals surface area contributed by atoms with Gasteiger partial charge in [-0.1, -0.05) is 0 Å². The standard InChI is InChI=1S/C14H32Ge2/c1-7-15(8-2,9-3)13-14-16(10-4,11-5)12-6/h13-14H,7-12H2,1-6H3/b14-13+. The summed E-state index contributed by atoms with van der Waals surface area (Å²) in [5, 5.41) is 8.91. The quantitative estimate of drug-likeness (QED) is 0.500. The maximum atomic E-state index is 2.80. The van der Waals surface area contributed by atoms with Gasteiger partial charge in [0.05, 0.1) is 0 Å². The molecular weight excluding hydrogens is 313 g/mol. The van der Waals surface area contributed by atoms with Crippen molar-refractivity contribution in [2.45, 2.75) is 73.1 Å². The molecule has 0 rings (SSSR count). The van der Waals surface area contributed by atoms with Crippen LogP contribution in [0.1, 0.15) is 41.5 Å². The molecule has 0 radical (unpaired) electrons. The maximum absolute atomic E-state index is 2.80. The minimum atomic E-state index is -1.54. The zero-order valence-electron chi connectivity index (χ0n) is 12.4. The summed E-state index contributed by atoms with van der Waals surface area (Å²) in [6.45, 7) is 14.6. The molecule has 0 amide bonds. The van der Waals surface area contributed by atoms with Gasteiger partial charge in [0.15, 0.2) is 0 Å². The van der Waals surface area contributed by atoms with E-state index in [4.69, 9.17) is 0 Å².